The molecule has 0 N–H and O–H groups in total. The van der Waals surface area contributed by atoms with Crippen molar-refractivity contribution in [1.29, 1.82) is 0 Å². The smallest absolute Gasteiger partial charge is 0.297 e. The Morgan fingerprint density at radius 1 is 0.550 bits per heavy atom. The Bertz CT molecular complexity index is 983. The molecule has 2 rings (SSSR count). The van der Waals surface area contributed by atoms with Crippen molar-refractivity contribution >= 4 is 10.9 Å². The fourth-order valence-corrected chi connectivity index (χ4v) is 5.10. The number of rotatable bonds is 25. The van der Waals surface area contributed by atoms with Gasteiger partial charge in [-0.05, 0) is 37.8 Å². The van der Waals surface area contributed by atoms with E-state index in [9.17, 15) is 4.79 Å². The third kappa shape index (κ3) is 12.1. The average molecular weight is 558 g/mol. The average Bonchev–Trinajstić information content (AvgIpc) is 2.96. The lowest BCUT2D eigenvalue weighted by molar-refractivity contribution is 0.258. The van der Waals surface area contributed by atoms with E-state index >= 15 is 0 Å². The number of benzene rings is 1. The number of pyridine rings is 1. The number of aromatic nitrogens is 1. The first-order chi connectivity index (χ1) is 19.7. The maximum Gasteiger partial charge on any atom is 0.297 e. The summed E-state index contributed by atoms with van der Waals surface area (Å²) in [7, 11) is 0. The van der Waals surface area contributed by atoms with E-state index in [1.54, 1.807) is 0 Å². The van der Waals surface area contributed by atoms with Crippen LogP contribution in [-0.4, -0.2) is 24.4 Å². The van der Waals surface area contributed by atoms with Crippen LogP contribution in [-0.2, 0) is 6.54 Å². The van der Waals surface area contributed by atoms with Gasteiger partial charge in [-0.15, -0.1) is 0 Å². The Hall–Kier alpha value is -2.17. The van der Waals surface area contributed by atoms with Gasteiger partial charge in [-0.1, -0.05) is 118 Å². The highest BCUT2D eigenvalue weighted by molar-refractivity contribution is 5.89. The molecule has 2 aromatic rings. The molecule has 0 aliphatic heterocycles. The Kier molecular flexibility index (Phi) is 18.3. The maximum atomic E-state index is 13.9. The second-order valence-corrected chi connectivity index (χ2v) is 11.3. The van der Waals surface area contributed by atoms with Gasteiger partial charge in [0.15, 0.2) is 5.75 Å². The van der Waals surface area contributed by atoms with E-state index in [4.69, 9.17) is 14.2 Å². The number of hydrogen-bond acceptors (Lipinski definition) is 4. The van der Waals surface area contributed by atoms with Crippen LogP contribution in [0.3, 0.4) is 0 Å². The molecule has 0 saturated carbocycles. The molecule has 0 aliphatic rings. The summed E-state index contributed by atoms with van der Waals surface area (Å²) in [5.41, 5.74) is 0.819. The minimum absolute atomic E-state index is 0.0752. The predicted molar refractivity (Wildman–Crippen MR) is 170 cm³/mol. The molecule has 0 spiro atoms. The number of fused-ring (bicyclic) bond motifs is 1. The normalized spacial score (nSPS) is 11.3. The standard InChI is InChI=1S/C35H59NO4/c1-5-9-13-16-18-20-25-36-32-29-30(38-27-22-19-17-14-10-6-2)23-24-31(32)33(39-28-21-15-11-7-3)34(35(36)37)40-26-12-8-4/h23-24,29H,5-22,25-28H2,1-4H3. The summed E-state index contributed by atoms with van der Waals surface area (Å²) in [6.07, 6.45) is 20.9. The van der Waals surface area contributed by atoms with Crippen molar-refractivity contribution in [2.45, 2.75) is 150 Å². The Morgan fingerprint density at radius 3 is 1.70 bits per heavy atom. The summed E-state index contributed by atoms with van der Waals surface area (Å²) >= 11 is 0. The van der Waals surface area contributed by atoms with Crippen molar-refractivity contribution in [2.24, 2.45) is 0 Å². The van der Waals surface area contributed by atoms with Gasteiger partial charge >= 0.3 is 0 Å². The summed E-state index contributed by atoms with van der Waals surface area (Å²) < 4.78 is 20.6. The molecule has 40 heavy (non-hydrogen) atoms. The molecule has 0 aliphatic carbocycles. The molecule has 0 amide bonds. The summed E-state index contributed by atoms with van der Waals surface area (Å²) in [6, 6.07) is 6.14. The molecule has 0 atom stereocenters. The van der Waals surface area contributed by atoms with Crippen LogP contribution in [0.4, 0.5) is 0 Å². The molecule has 0 saturated heterocycles. The van der Waals surface area contributed by atoms with Crippen LogP contribution >= 0.6 is 0 Å². The quantitative estimate of drug-likeness (QED) is 0.114. The maximum absolute atomic E-state index is 13.9. The minimum atomic E-state index is -0.0752. The summed E-state index contributed by atoms with van der Waals surface area (Å²) in [5.74, 6) is 1.81. The van der Waals surface area contributed by atoms with Crippen molar-refractivity contribution < 1.29 is 14.2 Å². The van der Waals surface area contributed by atoms with Crippen molar-refractivity contribution in [3.05, 3.63) is 28.6 Å². The van der Waals surface area contributed by atoms with Gasteiger partial charge in [0.2, 0.25) is 5.75 Å². The Labute approximate surface area is 245 Å². The van der Waals surface area contributed by atoms with Crippen LogP contribution in [0, 0.1) is 0 Å². The van der Waals surface area contributed by atoms with Gasteiger partial charge in [-0.25, -0.2) is 0 Å². The molecule has 0 fully saturated rings. The number of hydrogen-bond donors (Lipinski definition) is 0. The molecular formula is C35H59NO4. The first-order valence-corrected chi connectivity index (χ1v) is 16.8. The molecule has 0 radical (unpaired) electrons. The van der Waals surface area contributed by atoms with Crippen LogP contribution in [0.15, 0.2) is 23.0 Å². The zero-order chi connectivity index (χ0) is 28.8. The van der Waals surface area contributed by atoms with Crippen LogP contribution in [0.5, 0.6) is 17.2 Å². The van der Waals surface area contributed by atoms with E-state index < -0.39 is 0 Å². The SMILES string of the molecule is CCCCCCCCOc1ccc2c(OCCCCCC)c(OCCCC)c(=O)n(CCCCCCCC)c2c1. The Balaban J connectivity index is 2.32. The van der Waals surface area contributed by atoms with Crippen LogP contribution in [0.2, 0.25) is 0 Å². The van der Waals surface area contributed by atoms with Gasteiger partial charge in [0.1, 0.15) is 5.75 Å². The van der Waals surface area contributed by atoms with E-state index in [1.165, 1.54) is 70.6 Å². The van der Waals surface area contributed by atoms with Gasteiger partial charge in [0, 0.05) is 18.0 Å². The van der Waals surface area contributed by atoms with E-state index in [0.29, 0.717) is 37.9 Å². The molecule has 1 aromatic carbocycles. The van der Waals surface area contributed by atoms with E-state index in [-0.39, 0.29) is 5.56 Å². The lowest BCUT2D eigenvalue weighted by Gasteiger charge is -2.19. The summed E-state index contributed by atoms with van der Waals surface area (Å²) in [5, 5.41) is 0.944. The van der Waals surface area contributed by atoms with E-state index in [1.807, 2.05) is 16.7 Å². The zero-order valence-electron chi connectivity index (χ0n) is 26.4. The molecule has 0 unspecified atom stereocenters. The predicted octanol–water partition coefficient (Wildman–Crippen LogP) is 10.2. The lowest BCUT2D eigenvalue weighted by atomic mass is 10.1. The second kappa shape index (κ2) is 21.6. The topological polar surface area (TPSA) is 49.7 Å². The summed E-state index contributed by atoms with van der Waals surface area (Å²) in [6.45, 7) is 11.4. The van der Waals surface area contributed by atoms with E-state index in [2.05, 4.69) is 33.8 Å². The van der Waals surface area contributed by atoms with Gasteiger partial charge in [-0.3, -0.25) is 4.79 Å². The third-order valence-corrected chi connectivity index (χ3v) is 7.64. The molecule has 228 valence electrons. The molecule has 5 nitrogen and oxygen atoms in total. The first kappa shape index (κ1) is 34.0. The highest BCUT2D eigenvalue weighted by atomic mass is 16.5. The van der Waals surface area contributed by atoms with Crippen molar-refractivity contribution in [1.82, 2.24) is 4.57 Å². The fraction of sp³-hybridized carbons (Fsp3) is 0.743. The molecule has 1 aromatic heterocycles. The highest BCUT2D eigenvalue weighted by Crippen LogP contribution is 2.35. The molecular weight excluding hydrogens is 498 g/mol. The third-order valence-electron chi connectivity index (χ3n) is 7.64. The van der Waals surface area contributed by atoms with Crippen LogP contribution in [0.1, 0.15) is 143 Å². The fourth-order valence-electron chi connectivity index (χ4n) is 5.10. The van der Waals surface area contributed by atoms with E-state index in [0.717, 1.165) is 61.6 Å². The van der Waals surface area contributed by atoms with Gasteiger partial charge < -0.3 is 18.8 Å². The monoisotopic (exact) mass is 557 g/mol. The van der Waals surface area contributed by atoms with Crippen LogP contribution < -0.4 is 19.8 Å². The van der Waals surface area contributed by atoms with Crippen molar-refractivity contribution in [3.63, 3.8) is 0 Å². The zero-order valence-corrected chi connectivity index (χ0v) is 26.4. The second-order valence-electron chi connectivity index (χ2n) is 11.3. The summed E-state index contributed by atoms with van der Waals surface area (Å²) in [4.78, 5) is 13.9. The van der Waals surface area contributed by atoms with Crippen LogP contribution in [0.25, 0.3) is 10.9 Å². The molecule has 0 bridgehead atoms. The largest absolute Gasteiger partial charge is 0.494 e. The number of nitrogens with zero attached hydrogens (tertiary/aromatic N) is 1. The highest BCUT2D eigenvalue weighted by Gasteiger charge is 2.20. The van der Waals surface area contributed by atoms with Gasteiger partial charge in [-0.2, -0.15) is 0 Å². The number of unbranched alkanes of at least 4 members (excludes halogenated alkanes) is 14. The first-order valence-electron chi connectivity index (χ1n) is 16.8. The number of ether oxygens (including phenoxy) is 3. The number of aryl methyl sites for hydroxylation is 1. The minimum Gasteiger partial charge on any atom is -0.494 e. The van der Waals surface area contributed by atoms with Gasteiger partial charge in [0.25, 0.3) is 5.56 Å². The van der Waals surface area contributed by atoms with Crippen molar-refractivity contribution in [3.8, 4) is 17.2 Å². The Morgan fingerprint density at radius 2 is 1.05 bits per heavy atom. The van der Waals surface area contributed by atoms with Gasteiger partial charge in [0.05, 0.1) is 25.3 Å². The molecule has 1 heterocycles. The molecule has 5 heteroatoms. The van der Waals surface area contributed by atoms with Crippen molar-refractivity contribution in [2.75, 3.05) is 19.8 Å². The lowest BCUT2D eigenvalue weighted by Crippen LogP contribution is -2.24.